The normalized spacial score (nSPS) is 23.3. The second-order valence-electron chi connectivity index (χ2n) is 4.48. The highest BCUT2D eigenvalue weighted by Gasteiger charge is 2.33. The van der Waals surface area contributed by atoms with Crippen molar-refractivity contribution in [1.82, 2.24) is 4.72 Å². The molecular formula is C12H14BrNO4S. The van der Waals surface area contributed by atoms with Crippen LogP contribution in [0, 0.1) is 5.92 Å². The highest BCUT2D eigenvalue weighted by molar-refractivity contribution is 9.10. The summed E-state index contributed by atoms with van der Waals surface area (Å²) in [5, 5.41) is 0. The van der Waals surface area contributed by atoms with Gasteiger partial charge in [0.15, 0.2) is 0 Å². The first-order valence-electron chi connectivity index (χ1n) is 5.84. The Morgan fingerprint density at radius 2 is 2.21 bits per heavy atom. The molecule has 0 saturated carbocycles. The Hall–Kier alpha value is -0.920. The quantitative estimate of drug-likeness (QED) is 0.902. The van der Waals surface area contributed by atoms with Gasteiger partial charge in [-0.05, 0) is 30.5 Å². The van der Waals surface area contributed by atoms with Crippen molar-refractivity contribution in [3.05, 3.63) is 28.7 Å². The number of ether oxygens (including phenoxy) is 1. The maximum absolute atomic E-state index is 12.0. The maximum Gasteiger partial charge on any atom is 0.264 e. The number of hydrogen-bond donors (Lipinski definition) is 1. The first-order chi connectivity index (χ1) is 8.90. The lowest BCUT2D eigenvalue weighted by atomic mass is 10.0. The van der Waals surface area contributed by atoms with Crippen LogP contribution in [0.25, 0.3) is 0 Å². The number of benzene rings is 1. The summed E-state index contributed by atoms with van der Waals surface area (Å²) in [6, 6.07) is 6.18. The molecule has 1 saturated heterocycles. The van der Waals surface area contributed by atoms with Gasteiger partial charge in [-0.2, -0.15) is 0 Å². The van der Waals surface area contributed by atoms with Gasteiger partial charge in [0.25, 0.3) is 15.9 Å². The largest absolute Gasteiger partial charge is 0.368 e. The highest BCUT2D eigenvalue weighted by Crippen LogP contribution is 2.21. The zero-order valence-electron chi connectivity index (χ0n) is 10.3. The van der Waals surface area contributed by atoms with Crippen LogP contribution in [0.4, 0.5) is 0 Å². The Morgan fingerprint density at radius 1 is 1.47 bits per heavy atom. The number of nitrogens with one attached hydrogen (secondary N) is 1. The molecule has 0 bridgehead atoms. The third-order valence-electron chi connectivity index (χ3n) is 2.99. The Labute approximate surface area is 120 Å². The minimum Gasteiger partial charge on any atom is -0.368 e. The predicted molar refractivity (Wildman–Crippen MR) is 73.0 cm³/mol. The smallest absolute Gasteiger partial charge is 0.264 e. The third kappa shape index (κ3) is 3.34. The fourth-order valence-corrected chi connectivity index (χ4v) is 3.50. The molecule has 104 valence electrons. The van der Waals surface area contributed by atoms with Crippen LogP contribution in [0.2, 0.25) is 0 Å². The molecule has 1 aliphatic rings. The zero-order chi connectivity index (χ0) is 14.0. The summed E-state index contributed by atoms with van der Waals surface area (Å²) in [5.41, 5.74) is 0. The molecule has 0 aliphatic carbocycles. The van der Waals surface area contributed by atoms with Crippen molar-refractivity contribution in [1.29, 1.82) is 0 Å². The van der Waals surface area contributed by atoms with Crippen molar-refractivity contribution in [2.24, 2.45) is 5.92 Å². The van der Waals surface area contributed by atoms with Crippen LogP contribution in [-0.2, 0) is 19.6 Å². The van der Waals surface area contributed by atoms with Crippen LogP contribution >= 0.6 is 15.9 Å². The number of sulfonamides is 1. The molecular weight excluding hydrogens is 334 g/mol. The van der Waals surface area contributed by atoms with Crippen molar-refractivity contribution >= 4 is 31.9 Å². The minimum atomic E-state index is -3.85. The Morgan fingerprint density at radius 3 is 2.79 bits per heavy atom. The van der Waals surface area contributed by atoms with Gasteiger partial charge in [-0.1, -0.05) is 28.9 Å². The first kappa shape index (κ1) is 14.5. The van der Waals surface area contributed by atoms with Gasteiger partial charge in [-0.25, -0.2) is 13.1 Å². The van der Waals surface area contributed by atoms with E-state index in [-0.39, 0.29) is 10.8 Å². The average Bonchev–Trinajstić information content (AvgIpc) is 2.75. The zero-order valence-corrected chi connectivity index (χ0v) is 12.7. The van der Waals surface area contributed by atoms with E-state index in [1.165, 1.54) is 12.1 Å². The summed E-state index contributed by atoms with van der Waals surface area (Å²) in [6.07, 6.45) is 0.0663. The summed E-state index contributed by atoms with van der Waals surface area (Å²) in [7, 11) is -3.85. The van der Waals surface area contributed by atoms with Crippen molar-refractivity contribution < 1.29 is 17.9 Å². The van der Waals surface area contributed by atoms with Crippen LogP contribution in [-0.4, -0.2) is 27.0 Å². The van der Waals surface area contributed by atoms with Gasteiger partial charge in [0.1, 0.15) is 6.10 Å². The van der Waals surface area contributed by atoms with Crippen LogP contribution in [0.1, 0.15) is 13.3 Å². The fourth-order valence-electron chi connectivity index (χ4n) is 1.91. The van der Waals surface area contributed by atoms with Gasteiger partial charge in [-0.3, -0.25) is 4.79 Å². The van der Waals surface area contributed by atoms with Gasteiger partial charge in [0.05, 0.1) is 4.90 Å². The summed E-state index contributed by atoms with van der Waals surface area (Å²) in [5.74, 6) is -0.581. The van der Waals surface area contributed by atoms with Crippen molar-refractivity contribution in [2.75, 3.05) is 6.61 Å². The lowest BCUT2D eigenvalue weighted by Crippen LogP contribution is -2.40. The van der Waals surface area contributed by atoms with E-state index in [2.05, 4.69) is 20.7 Å². The van der Waals surface area contributed by atoms with Gasteiger partial charge in [0, 0.05) is 11.1 Å². The van der Waals surface area contributed by atoms with E-state index in [0.717, 1.165) is 6.42 Å². The molecule has 0 radical (unpaired) electrons. The van der Waals surface area contributed by atoms with E-state index >= 15 is 0 Å². The molecule has 1 aromatic carbocycles. The van der Waals surface area contributed by atoms with E-state index in [4.69, 9.17) is 4.74 Å². The average molecular weight is 348 g/mol. The van der Waals surface area contributed by atoms with Gasteiger partial charge in [0.2, 0.25) is 0 Å². The number of halogens is 1. The molecule has 0 unspecified atom stereocenters. The second kappa shape index (κ2) is 5.60. The molecule has 19 heavy (non-hydrogen) atoms. The van der Waals surface area contributed by atoms with Crippen molar-refractivity contribution in [2.45, 2.75) is 24.3 Å². The highest BCUT2D eigenvalue weighted by atomic mass is 79.9. The minimum absolute atomic E-state index is 0.0257. The molecule has 0 spiro atoms. The molecule has 1 aromatic rings. The van der Waals surface area contributed by atoms with Gasteiger partial charge in [-0.15, -0.1) is 0 Å². The molecule has 1 fully saturated rings. The summed E-state index contributed by atoms with van der Waals surface area (Å²) in [6.45, 7) is 2.35. The molecule has 7 heteroatoms. The molecule has 2 atom stereocenters. The van der Waals surface area contributed by atoms with E-state index in [1.807, 2.05) is 6.92 Å². The predicted octanol–water partition coefficient (Wildman–Crippen LogP) is 1.68. The monoisotopic (exact) mass is 347 g/mol. The molecule has 1 aliphatic heterocycles. The topological polar surface area (TPSA) is 72.5 Å². The summed E-state index contributed by atoms with van der Waals surface area (Å²) >= 11 is 3.19. The second-order valence-corrected chi connectivity index (χ2v) is 7.08. The standard InChI is InChI=1S/C12H14BrNO4S/c1-8-5-6-18-11(8)12(15)14-19(16,17)10-4-2-3-9(13)7-10/h2-4,7-8,11H,5-6H2,1H3,(H,14,15)/t8-,11+/m1/s1. The van der Waals surface area contributed by atoms with Crippen LogP contribution in [0.5, 0.6) is 0 Å². The van der Waals surface area contributed by atoms with Gasteiger partial charge >= 0.3 is 0 Å². The van der Waals surface area contributed by atoms with Crippen LogP contribution in [0.15, 0.2) is 33.6 Å². The molecule has 1 heterocycles. The van der Waals surface area contributed by atoms with Gasteiger partial charge < -0.3 is 4.74 Å². The number of rotatable bonds is 3. The molecule has 5 nitrogen and oxygen atoms in total. The summed E-state index contributed by atoms with van der Waals surface area (Å²) in [4.78, 5) is 11.9. The first-order valence-corrected chi connectivity index (χ1v) is 8.11. The Bertz CT molecular complexity index is 587. The maximum atomic E-state index is 12.0. The number of carbonyl (C=O) groups is 1. The Balaban J connectivity index is 2.15. The Kier molecular flexibility index (Phi) is 4.27. The number of hydrogen-bond acceptors (Lipinski definition) is 4. The van der Waals surface area contributed by atoms with E-state index in [9.17, 15) is 13.2 Å². The van der Waals surface area contributed by atoms with Crippen molar-refractivity contribution in [3.8, 4) is 0 Å². The lowest BCUT2D eigenvalue weighted by Gasteiger charge is -2.14. The van der Waals surface area contributed by atoms with E-state index in [1.54, 1.807) is 12.1 Å². The molecule has 1 N–H and O–H groups in total. The van der Waals surface area contributed by atoms with E-state index in [0.29, 0.717) is 11.1 Å². The number of carbonyl (C=O) groups excluding carboxylic acids is 1. The lowest BCUT2D eigenvalue weighted by molar-refractivity contribution is -0.129. The molecule has 2 rings (SSSR count). The van der Waals surface area contributed by atoms with Crippen molar-refractivity contribution in [3.63, 3.8) is 0 Å². The third-order valence-corrected chi connectivity index (χ3v) is 4.82. The fraction of sp³-hybridized carbons (Fsp3) is 0.417. The SMILES string of the molecule is C[C@@H]1CCO[C@@H]1C(=O)NS(=O)(=O)c1cccc(Br)c1. The van der Waals surface area contributed by atoms with E-state index < -0.39 is 22.0 Å². The molecule has 1 amide bonds. The van der Waals surface area contributed by atoms with Crippen LogP contribution in [0.3, 0.4) is 0 Å². The molecule has 0 aromatic heterocycles. The van der Waals surface area contributed by atoms with Crippen LogP contribution < -0.4 is 4.72 Å². The number of amides is 1. The summed E-state index contributed by atoms with van der Waals surface area (Å²) < 4.78 is 32.0.